The number of ketones is 1. The molecule has 2 rings (SSSR count). The lowest BCUT2D eigenvalue weighted by atomic mass is 10.1. The quantitative estimate of drug-likeness (QED) is 0.588. The van der Waals surface area contributed by atoms with E-state index in [0.717, 1.165) is 0 Å². The molecule has 0 atom stereocenters. The van der Waals surface area contributed by atoms with Crippen LogP contribution < -0.4 is 14.8 Å². The van der Waals surface area contributed by atoms with Gasteiger partial charge in [-0.15, -0.1) is 0 Å². The van der Waals surface area contributed by atoms with Gasteiger partial charge in [0, 0.05) is 10.6 Å². The predicted molar refractivity (Wildman–Crippen MR) is 91.9 cm³/mol. The summed E-state index contributed by atoms with van der Waals surface area (Å²) < 4.78 is 10.8. The number of carbonyl (C=O) groups is 2. The summed E-state index contributed by atoms with van der Waals surface area (Å²) in [6.07, 6.45) is 0. The highest BCUT2D eigenvalue weighted by molar-refractivity contribution is 6.30. The Labute approximate surface area is 145 Å². The second-order valence-corrected chi connectivity index (χ2v) is 5.46. The van der Waals surface area contributed by atoms with Gasteiger partial charge < -0.3 is 14.8 Å². The normalized spacial score (nSPS) is 10.1. The smallest absolute Gasteiger partial charge is 0.258 e. The van der Waals surface area contributed by atoms with Gasteiger partial charge in [0.15, 0.2) is 12.4 Å². The van der Waals surface area contributed by atoms with Gasteiger partial charge in [-0.25, -0.2) is 0 Å². The highest BCUT2D eigenvalue weighted by Gasteiger charge is 2.05. The Hall–Kier alpha value is -2.53. The van der Waals surface area contributed by atoms with Crippen LogP contribution in [0.25, 0.3) is 0 Å². The molecule has 0 heterocycles. The van der Waals surface area contributed by atoms with Gasteiger partial charge in [-0.1, -0.05) is 23.7 Å². The Bertz CT molecular complexity index is 700. The summed E-state index contributed by atoms with van der Waals surface area (Å²) in [7, 11) is 0. The first kappa shape index (κ1) is 17.8. The fourth-order valence-electron chi connectivity index (χ4n) is 1.89. The third kappa shape index (κ3) is 5.93. The van der Waals surface area contributed by atoms with Crippen molar-refractivity contribution in [2.45, 2.75) is 6.92 Å². The van der Waals surface area contributed by atoms with E-state index in [2.05, 4.69) is 5.32 Å². The van der Waals surface area contributed by atoms with E-state index in [1.165, 1.54) is 6.92 Å². The molecule has 1 amide bonds. The van der Waals surface area contributed by atoms with Gasteiger partial charge in [0.1, 0.15) is 18.1 Å². The van der Waals surface area contributed by atoms with Crippen LogP contribution in [0.2, 0.25) is 5.02 Å². The van der Waals surface area contributed by atoms with Gasteiger partial charge >= 0.3 is 0 Å². The zero-order chi connectivity index (χ0) is 17.4. The molecule has 0 saturated carbocycles. The molecule has 0 aliphatic rings. The Balaban J connectivity index is 1.67. The van der Waals surface area contributed by atoms with Crippen LogP contribution in [-0.2, 0) is 4.79 Å². The third-order valence-electron chi connectivity index (χ3n) is 3.12. The first-order valence-corrected chi connectivity index (χ1v) is 7.81. The summed E-state index contributed by atoms with van der Waals surface area (Å²) in [5.41, 5.74) is 0.546. The standard InChI is InChI=1S/C18H18ClNO4/c1-13(21)14-3-2-4-17(11-14)24-12-18(22)20-9-10-23-16-7-5-15(19)6-8-16/h2-8,11H,9-10,12H2,1H3,(H,20,22). The van der Waals surface area contributed by atoms with Gasteiger partial charge in [0.25, 0.3) is 5.91 Å². The topological polar surface area (TPSA) is 64.6 Å². The summed E-state index contributed by atoms with van der Waals surface area (Å²) >= 11 is 5.78. The SMILES string of the molecule is CC(=O)c1cccc(OCC(=O)NCCOc2ccc(Cl)cc2)c1. The molecule has 0 aliphatic heterocycles. The highest BCUT2D eigenvalue weighted by Crippen LogP contribution is 2.15. The van der Waals surface area contributed by atoms with E-state index in [9.17, 15) is 9.59 Å². The van der Waals surface area contributed by atoms with Crippen LogP contribution in [0.1, 0.15) is 17.3 Å². The average molecular weight is 348 g/mol. The monoisotopic (exact) mass is 347 g/mol. The lowest BCUT2D eigenvalue weighted by Crippen LogP contribution is -2.32. The predicted octanol–water partition coefficient (Wildman–Crippen LogP) is 3.12. The minimum absolute atomic E-state index is 0.0516. The molecule has 0 fully saturated rings. The van der Waals surface area contributed by atoms with Crippen molar-refractivity contribution in [3.8, 4) is 11.5 Å². The van der Waals surface area contributed by atoms with E-state index >= 15 is 0 Å². The van der Waals surface area contributed by atoms with Crippen molar-refractivity contribution >= 4 is 23.3 Å². The molecule has 6 heteroatoms. The maximum absolute atomic E-state index is 11.7. The molecule has 1 N–H and O–H groups in total. The van der Waals surface area contributed by atoms with Crippen LogP contribution in [0.15, 0.2) is 48.5 Å². The second-order valence-electron chi connectivity index (χ2n) is 5.03. The molecule has 0 bridgehead atoms. The number of amides is 1. The Morgan fingerprint density at radius 2 is 1.79 bits per heavy atom. The number of hydrogen-bond donors (Lipinski definition) is 1. The maximum atomic E-state index is 11.7. The van der Waals surface area contributed by atoms with Crippen LogP contribution in [0.5, 0.6) is 11.5 Å². The molecule has 24 heavy (non-hydrogen) atoms. The van der Waals surface area contributed by atoms with Crippen LogP contribution in [0.3, 0.4) is 0 Å². The number of benzene rings is 2. The number of Topliss-reactive ketones (excluding diaryl/α,β-unsaturated/α-hetero) is 1. The van der Waals surface area contributed by atoms with E-state index < -0.39 is 0 Å². The van der Waals surface area contributed by atoms with Crippen molar-refractivity contribution in [3.05, 3.63) is 59.1 Å². The van der Waals surface area contributed by atoms with E-state index in [1.54, 1.807) is 48.5 Å². The van der Waals surface area contributed by atoms with Crippen molar-refractivity contribution in [2.75, 3.05) is 19.8 Å². The van der Waals surface area contributed by atoms with Crippen molar-refractivity contribution < 1.29 is 19.1 Å². The fourth-order valence-corrected chi connectivity index (χ4v) is 2.02. The largest absolute Gasteiger partial charge is 0.492 e. The highest BCUT2D eigenvalue weighted by atomic mass is 35.5. The molecule has 0 spiro atoms. The van der Waals surface area contributed by atoms with E-state index in [1.807, 2.05) is 0 Å². The Morgan fingerprint density at radius 3 is 2.50 bits per heavy atom. The van der Waals surface area contributed by atoms with Crippen molar-refractivity contribution in [1.82, 2.24) is 5.32 Å². The number of nitrogens with one attached hydrogen (secondary N) is 1. The molecule has 126 valence electrons. The van der Waals surface area contributed by atoms with E-state index in [-0.39, 0.29) is 18.3 Å². The van der Waals surface area contributed by atoms with Crippen LogP contribution in [0.4, 0.5) is 0 Å². The van der Waals surface area contributed by atoms with Gasteiger partial charge in [-0.3, -0.25) is 9.59 Å². The van der Waals surface area contributed by atoms with Crippen molar-refractivity contribution in [3.63, 3.8) is 0 Å². The summed E-state index contributed by atoms with van der Waals surface area (Å²) in [5.74, 6) is 0.855. The van der Waals surface area contributed by atoms with E-state index in [4.69, 9.17) is 21.1 Å². The van der Waals surface area contributed by atoms with Crippen molar-refractivity contribution in [2.24, 2.45) is 0 Å². The van der Waals surface area contributed by atoms with Crippen molar-refractivity contribution in [1.29, 1.82) is 0 Å². The number of carbonyl (C=O) groups excluding carboxylic acids is 2. The fraction of sp³-hybridized carbons (Fsp3) is 0.222. The first-order valence-electron chi connectivity index (χ1n) is 7.43. The zero-order valence-corrected chi connectivity index (χ0v) is 14.0. The molecule has 5 nitrogen and oxygen atoms in total. The number of halogens is 1. The van der Waals surface area contributed by atoms with Gasteiger partial charge in [-0.05, 0) is 43.3 Å². The lowest BCUT2D eigenvalue weighted by molar-refractivity contribution is -0.123. The van der Waals surface area contributed by atoms with E-state index in [0.29, 0.717) is 35.2 Å². The number of rotatable bonds is 8. The Morgan fingerprint density at radius 1 is 1.04 bits per heavy atom. The molecule has 0 unspecified atom stereocenters. The Kier molecular flexibility index (Phi) is 6.63. The van der Waals surface area contributed by atoms with Gasteiger partial charge in [-0.2, -0.15) is 0 Å². The molecule has 0 aliphatic carbocycles. The lowest BCUT2D eigenvalue weighted by Gasteiger charge is -2.09. The minimum Gasteiger partial charge on any atom is -0.492 e. The molecule has 0 aromatic heterocycles. The minimum atomic E-state index is -0.261. The third-order valence-corrected chi connectivity index (χ3v) is 3.37. The summed E-state index contributed by atoms with van der Waals surface area (Å²) in [4.78, 5) is 23.0. The van der Waals surface area contributed by atoms with Gasteiger partial charge in [0.2, 0.25) is 0 Å². The van der Waals surface area contributed by atoms with Gasteiger partial charge in [0.05, 0.1) is 6.54 Å². The van der Waals surface area contributed by atoms with Crippen LogP contribution in [0, 0.1) is 0 Å². The average Bonchev–Trinajstić information content (AvgIpc) is 2.58. The molecular formula is C18H18ClNO4. The number of ether oxygens (including phenoxy) is 2. The summed E-state index contributed by atoms with van der Waals surface area (Å²) in [6, 6.07) is 13.7. The maximum Gasteiger partial charge on any atom is 0.258 e. The number of hydrogen-bond acceptors (Lipinski definition) is 4. The molecule has 0 saturated heterocycles. The van der Waals surface area contributed by atoms with Crippen LogP contribution >= 0.6 is 11.6 Å². The first-order chi connectivity index (χ1) is 11.5. The summed E-state index contributed by atoms with van der Waals surface area (Å²) in [5, 5.41) is 3.33. The zero-order valence-electron chi connectivity index (χ0n) is 13.3. The van der Waals surface area contributed by atoms with Crippen LogP contribution in [-0.4, -0.2) is 31.4 Å². The summed E-state index contributed by atoms with van der Waals surface area (Å²) in [6.45, 7) is 2.06. The molecular weight excluding hydrogens is 330 g/mol. The second kappa shape index (κ2) is 8.93. The molecule has 0 radical (unpaired) electrons. The molecule has 2 aromatic rings. The molecule has 2 aromatic carbocycles.